The molecule has 0 saturated carbocycles. The van der Waals surface area contributed by atoms with Gasteiger partial charge in [-0.25, -0.2) is 8.42 Å². The molecular formula is C12H20ClNO3S2. The summed E-state index contributed by atoms with van der Waals surface area (Å²) < 4.78 is 31.7. The lowest BCUT2D eigenvalue weighted by Gasteiger charge is -2.26. The van der Waals surface area contributed by atoms with Gasteiger partial charge in [0.15, 0.2) is 0 Å². The monoisotopic (exact) mass is 325 g/mol. The van der Waals surface area contributed by atoms with E-state index < -0.39 is 10.0 Å². The van der Waals surface area contributed by atoms with Crippen molar-refractivity contribution in [3.05, 3.63) is 16.3 Å². The molecule has 1 heterocycles. The maximum Gasteiger partial charge on any atom is 0.244 e. The van der Waals surface area contributed by atoms with E-state index in [1.807, 2.05) is 13.8 Å². The van der Waals surface area contributed by atoms with Gasteiger partial charge in [0, 0.05) is 30.0 Å². The third kappa shape index (κ3) is 4.16. The van der Waals surface area contributed by atoms with Crippen LogP contribution in [0.5, 0.6) is 0 Å². The highest BCUT2D eigenvalue weighted by atomic mass is 35.5. The first-order chi connectivity index (χ1) is 8.97. The number of halogens is 1. The number of thiophene rings is 1. The number of hydrogen-bond acceptors (Lipinski definition) is 4. The molecule has 0 aliphatic carbocycles. The van der Waals surface area contributed by atoms with Crippen LogP contribution in [0.2, 0.25) is 0 Å². The van der Waals surface area contributed by atoms with Gasteiger partial charge >= 0.3 is 0 Å². The minimum Gasteiger partial charge on any atom is -0.383 e. The molecule has 0 N–H and O–H groups in total. The number of alkyl halides is 1. The van der Waals surface area contributed by atoms with Crippen LogP contribution in [0.3, 0.4) is 0 Å². The van der Waals surface area contributed by atoms with E-state index in [-0.39, 0.29) is 6.04 Å². The summed E-state index contributed by atoms with van der Waals surface area (Å²) in [5.74, 6) is 0.335. The van der Waals surface area contributed by atoms with Gasteiger partial charge in [-0.3, -0.25) is 0 Å². The second kappa shape index (κ2) is 7.59. The number of sulfonamides is 1. The molecule has 19 heavy (non-hydrogen) atoms. The van der Waals surface area contributed by atoms with Crippen LogP contribution in [0, 0.1) is 0 Å². The van der Waals surface area contributed by atoms with E-state index >= 15 is 0 Å². The molecule has 0 bridgehead atoms. The smallest absolute Gasteiger partial charge is 0.244 e. The Bertz CT molecular complexity index is 487. The molecule has 1 aromatic rings. The fraction of sp³-hybridized carbons (Fsp3) is 0.667. The highest BCUT2D eigenvalue weighted by molar-refractivity contribution is 7.89. The van der Waals surface area contributed by atoms with Crippen LogP contribution < -0.4 is 0 Å². The predicted molar refractivity (Wildman–Crippen MR) is 79.4 cm³/mol. The maximum absolute atomic E-state index is 12.6. The molecule has 0 aliphatic heterocycles. The van der Waals surface area contributed by atoms with Crippen LogP contribution in [0.25, 0.3) is 0 Å². The summed E-state index contributed by atoms with van der Waals surface area (Å²) in [5, 5.41) is 1.65. The first kappa shape index (κ1) is 16.9. The van der Waals surface area contributed by atoms with Gasteiger partial charge in [0.2, 0.25) is 10.0 Å². The summed E-state index contributed by atoms with van der Waals surface area (Å²) in [4.78, 5) is 1.18. The van der Waals surface area contributed by atoms with Crippen LogP contribution >= 0.6 is 22.9 Å². The molecule has 0 spiro atoms. The lowest BCUT2D eigenvalue weighted by molar-refractivity contribution is 0.167. The topological polar surface area (TPSA) is 46.6 Å². The predicted octanol–water partition coefficient (Wildman–Crippen LogP) is 2.92. The second-order valence-corrected chi connectivity index (χ2v) is 7.40. The minimum atomic E-state index is -3.47. The van der Waals surface area contributed by atoms with Crippen LogP contribution in [-0.2, 0) is 20.6 Å². The Kier molecular flexibility index (Phi) is 6.76. The van der Waals surface area contributed by atoms with E-state index in [2.05, 4.69) is 0 Å². The van der Waals surface area contributed by atoms with Gasteiger partial charge in [-0.15, -0.1) is 22.9 Å². The molecule has 1 atom stereocenters. The van der Waals surface area contributed by atoms with Crippen molar-refractivity contribution in [1.82, 2.24) is 4.31 Å². The summed E-state index contributed by atoms with van der Waals surface area (Å²) in [5.41, 5.74) is 0. The Hall–Kier alpha value is -0.140. The molecule has 1 unspecified atom stereocenters. The number of nitrogens with zero attached hydrogens (tertiary/aromatic N) is 1. The molecule has 0 aliphatic rings. The molecule has 7 heteroatoms. The van der Waals surface area contributed by atoms with Gasteiger partial charge in [0.1, 0.15) is 0 Å². The van der Waals surface area contributed by atoms with Gasteiger partial charge in [-0.05, 0) is 19.4 Å². The molecular weight excluding hydrogens is 306 g/mol. The van der Waals surface area contributed by atoms with Gasteiger partial charge < -0.3 is 4.74 Å². The molecule has 0 amide bonds. The Labute approximate surface area is 124 Å². The third-order valence-electron chi connectivity index (χ3n) is 2.97. The molecule has 0 radical (unpaired) electrons. The molecule has 1 aromatic heterocycles. The van der Waals surface area contributed by atoms with Crippen molar-refractivity contribution in [2.45, 2.75) is 37.1 Å². The van der Waals surface area contributed by atoms with Crippen molar-refractivity contribution in [1.29, 1.82) is 0 Å². The lowest BCUT2D eigenvalue weighted by Crippen LogP contribution is -2.40. The first-order valence-electron chi connectivity index (χ1n) is 6.11. The van der Waals surface area contributed by atoms with Crippen LogP contribution in [0.1, 0.15) is 25.1 Å². The van der Waals surface area contributed by atoms with Gasteiger partial charge in [-0.2, -0.15) is 4.31 Å². The zero-order valence-corrected chi connectivity index (χ0v) is 13.8. The van der Waals surface area contributed by atoms with Crippen LogP contribution in [0.15, 0.2) is 16.3 Å². The molecule has 0 saturated heterocycles. The Morgan fingerprint density at radius 2 is 2.21 bits per heavy atom. The fourth-order valence-corrected chi connectivity index (χ4v) is 4.73. The van der Waals surface area contributed by atoms with Crippen molar-refractivity contribution in [3.8, 4) is 0 Å². The largest absolute Gasteiger partial charge is 0.383 e. The van der Waals surface area contributed by atoms with E-state index in [1.165, 1.54) is 15.6 Å². The van der Waals surface area contributed by atoms with Crippen molar-refractivity contribution < 1.29 is 13.2 Å². The number of ether oxygens (including phenoxy) is 1. The van der Waals surface area contributed by atoms with Gasteiger partial charge in [0.05, 0.1) is 17.4 Å². The average Bonchev–Trinajstić information content (AvgIpc) is 2.88. The SMILES string of the molecule is CCC(C)N(CCOC)S(=O)(=O)c1csc(CCl)c1. The van der Waals surface area contributed by atoms with Gasteiger partial charge in [-0.1, -0.05) is 6.92 Å². The molecule has 1 rings (SSSR count). The molecule has 0 aromatic carbocycles. The lowest BCUT2D eigenvalue weighted by atomic mass is 10.3. The van der Waals surface area contributed by atoms with Crippen LogP contribution in [0.4, 0.5) is 0 Å². The van der Waals surface area contributed by atoms with Gasteiger partial charge in [0.25, 0.3) is 0 Å². The quantitative estimate of drug-likeness (QED) is 0.690. The third-order valence-corrected chi connectivity index (χ3v) is 6.49. The van der Waals surface area contributed by atoms with E-state index in [9.17, 15) is 8.42 Å². The Morgan fingerprint density at radius 1 is 1.53 bits per heavy atom. The summed E-state index contributed by atoms with van der Waals surface area (Å²) in [7, 11) is -1.90. The first-order valence-corrected chi connectivity index (χ1v) is 8.96. The molecule has 110 valence electrons. The van der Waals surface area contributed by atoms with E-state index in [0.717, 1.165) is 11.3 Å². The van der Waals surface area contributed by atoms with E-state index in [1.54, 1.807) is 18.6 Å². The minimum absolute atomic E-state index is 0.0560. The fourth-order valence-electron chi connectivity index (χ4n) is 1.66. The Morgan fingerprint density at radius 3 is 2.68 bits per heavy atom. The summed E-state index contributed by atoms with van der Waals surface area (Å²) in [6.45, 7) is 4.62. The average molecular weight is 326 g/mol. The van der Waals surface area contributed by atoms with E-state index in [0.29, 0.717) is 23.9 Å². The Balaban J connectivity index is 3.04. The van der Waals surface area contributed by atoms with Crippen molar-refractivity contribution >= 4 is 33.0 Å². The second-order valence-electron chi connectivity index (χ2n) is 4.25. The number of rotatable bonds is 8. The number of methoxy groups -OCH3 is 1. The number of hydrogen-bond donors (Lipinski definition) is 0. The zero-order chi connectivity index (χ0) is 14.5. The maximum atomic E-state index is 12.6. The van der Waals surface area contributed by atoms with Crippen molar-refractivity contribution in [2.24, 2.45) is 0 Å². The summed E-state index contributed by atoms with van der Waals surface area (Å²) >= 11 is 7.09. The van der Waals surface area contributed by atoms with E-state index in [4.69, 9.17) is 16.3 Å². The van der Waals surface area contributed by atoms with Crippen molar-refractivity contribution in [3.63, 3.8) is 0 Å². The zero-order valence-electron chi connectivity index (χ0n) is 11.4. The highest BCUT2D eigenvalue weighted by Gasteiger charge is 2.28. The standard InChI is InChI=1S/C12H20ClNO3S2/c1-4-10(2)14(5-6-17-3)19(15,16)12-7-11(8-13)18-9-12/h7,9-10H,4-6,8H2,1-3H3. The summed E-state index contributed by atoms with van der Waals surface area (Å²) in [6.07, 6.45) is 0.759. The molecule has 4 nitrogen and oxygen atoms in total. The highest BCUT2D eigenvalue weighted by Crippen LogP contribution is 2.25. The molecule has 0 fully saturated rings. The summed E-state index contributed by atoms with van der Waals surface area (Å²) in [6, 6.07) is 1.59. The van der Waals surface area contributed by atoms with Crippen LogP contribution in [-0.4, -0.2) is 39.0 Å². The normalized spacial score (nSPS) is 13.9. The van der Waals surface area contributed by atoms with Crippen molar-refractivity contribution in [2.75, 3.05) is 20.3 Å².